The van der Waals surface area contributed by atoms with Crippen molar-refractivity contribution in [1.29, 1.82) is 0 Å². The SMILES string of the molecule is C=CCCC(=O)Cc1cccc2ccccc12. The van der Waals surface area contributed by atoms with Crippen LogP contribution in [0.5, 0.6) is 0 Å². The van der Waals surface area contributed by atoms with Gasteiger partial charge in [-0.2, -0.15) is 0 Å². The summed E-state index contributed by atoms with van der Waals surface area (Å²) in [7, 11) is 0. The fourth-order valence-corrected chi connectivity index (χ4v) is 2.01. The lowest BCUT2D eigenvalue weighted by atomic mass is 9.99. The van der Waals surface area contributed by atoms with E-state index in [0.717, 1.165) is 12.0 Å². The van der Waals surface area contributed by atoms with Crippen molar-refractivity contribution in [1.82, 2.24) is 0 Å². The third kappa shape index (κ3) is 2.82. The second kappa shape index (κ2) is 5.44. The molecule has 1 heteroatoms. The summed E-state index contributed by atoms with van der Waals surface area (Å²) < 4.78 is 0. The average molecular weight is 224 g/mol. The first kappa shape index (κ1) is 11.6. The minimum Gasteiger partial charge on any atom is -0.299 e. The van der Waals surface area contributed by atoms with Gasteiger partial charge in [0.05, 0.1) is 0 Å². The van der Waals surface area contributed by atoms with Gasteiger partial charge >= 0.3 is 0 Å². The minimum absolute atomic E-state index is 0.279. The summed E-state index contributed by atoms with van der Waals surface area (Å²) in [5.74, 6) is 0.279. The summed E-state index contributed by atoms with van der Waals surface area (Å²) in [6.07, 6.45) is 3.67. The van der Waals surface area contributed by atoms with Gasteiger partial charge in [0.1, 0.15) is 5.78 Å². The average Bonchev–Trinajstić information content (AvgIpc) is 2.37. The highest BCUT2D eigenvalue weighted by Gasteiger charge is 2.05. The predicted molar refractivity (Wildman–Crippen MR) is 72.1 cm³/mol. The lowest BCUT2D eigenvalue weighted by Crippen LogP contribution is -2.02. The molecule has 2 aromatic carbocycles. The number of carbonyl (C=O) groups excluding carboxylic acids is 1. The van der Waals surface area contributed by atoms with Gasteiger partial charge in [-0.3, -0.25) is 4.79 Å². The van der Waals surface area contributed by atoms with Gasteiger partial charge in [0, 0.05) is 12.8 Å². The van der Waals surface area contributed by atoms with Crippen molar-refractivity contribution < 1.29 is 4.79 Å². The highest BCUT2D eigenvalue weighted by Crippen LogP contribution is 2.19. The number of rotatable bonds is 5. The molecule has 0 amide bonds. The highest BCUT2D eigenvalue weighted by atomic mass is 16.1. The van der Waals surface area contributed by atoms with Crippen molar-refractivity contribution in [3.8, 4) is 0 Å². The molecule has 2 aromatic rings. The van der Waals surface area contributed by atoms with Crippen LogP contribution < -0.4 is 0 Å². The van der Waals surface area contributed by atoms with E-state index in [-0.39, 0.29) is 5.78 Å². The minimum atomic E-state index is 0.279. The number of fused-ring (bicyclic) bond motifs is 1. The van der Waals surface area contributed by atoms with Crippen molar-refractivity contribution in [2.45, 2.75) is 19.3 Å². The number of Topliss-reactive ketones (excluding diaryl/α,β-unsaturated/α-hetero) is 1. The third-order valence-electron chi connectivity index (χ3n) is 2.89. The largest absolute Gasteiger partial charge is 0.299 e. The van der Waals surface area contributed by atoms with Crippen LogP contribution in [-0.2, 0) is 11.2 Å². The lowest BCUT2D eigenvalue weighted by Gasteiger charge is -2.05. The molecule has 0 bridgehead atoms. The van der Waals surface area contributed by atoms with Crippen molar-refractivity contribution in [2.24, 2.45) is 0 Å². The first-order chi connectivity index (χ1) is 8.31. The van der Waals surface area contributed by atoms with Crippen LogP contribution in [0.15, 0.2) is 55.1 Å². The molecule has 0 heterocycles. The van der Waals surface area contributed by atoms with E-state index in [4.69, 9.17) is 0 Å². The summed E-state index contributed by atoms with van der Waals surface area (Å²) in [6.45, 7) is 3.64. The molecule has 0 radical (unpaired) electrons. The van der Waals surface area contributed by atoms with Gasteiger partial charge in [-0.1, -0.05) is 48.5 Å². The summed E-state index contributed by atoms with van der Waals surface area (Å²) in [6, 6.07) is 14.3. The van der Waals surface area contributed by atoms with Gasteiger partial charge in [0.25, 0.3) is 0 Å². The first-order valence-corrected chi connectivity index (χ1v) is 5.90. The number of hydrogen-bond donors (Lipinski definition) is 0. The molecule has 0 fully saturated rings. The Hall–Kier alpha value is -1.89. The Labute approximate surface area is 102 Å². The van der Waals surface area contributed by atoms with Gasteiger partial charge in [-0.25, -0.2) is 0 Å². The molecule has 17 heavy (non-hydrogen) atoms. The molecule has 0 aliphatic carbocycles. The molecular formula is C16H16O. The highest BCUT2D eigenvalue weighted by molar-refractivity contribution is 5.90. The first-order valence-electron chi connectivity index (χ1n) is 5.90. The van der Waals surface area contributed by atoms with E-state index in [1.54, 1.807) is 6.08 Å². The van der Waals surface area contributed by atoms with Gasteiger partial charge in [0.2, 0.25) is 0 Å². The molecule has 0 unspecified atom stereocenters. The van der Waals surface area contributed by atoms with E-state index in [1.165, 1.54) is 10.8 Å². The van der Waals surface area contributed by atoms with Gasteiger partial charge in [-0.05, 0) is 22.8 Å². The molecule has 0 atom stereocenters. The Morgan fingerprint density at radius 3 is 2.71 bits per heavy atom. The van der Waals surface area contributed by atoms with Crippen molar-refractivity contribution in [3.63, 3.8) is 0 Å². The molecule has 0 aromatic heterocycles. The maximum Gasteiger partial charge on any atom is 0.137 e. The Balaban J connectivity index is 2.23. The Kier molecular flexibility index (Phi) is 3.71. The van der Waals surface area contributed by atoms with E-state index in [9.17, 15) is 4.79 Å². The Bertz CT molecular complexity index is 535. The Morgan fingerprint density at radius 1 is 1.12 bits per heavy atom. The monoisotopic (exact) mass is 224 g/mol. The van der Waals surface area contributed by atoms with E-state index in [1.807, 2.05) is 24.3 Å². The van der Waals surface area contributed by atoms with E-state index >= 15 is 0 Å². The second-order valence-electron chi connectivity index (χ2n) is 4.18. The maximum atomic E-state index is 11.8. The van der Waals surface area contributed by atoms with Gasteiger partial charge in [0.15, 0.2) is 0 Å². The summed E-state index contributed by atoms with van der Waals surface area (Å²) in [4.78, 5) is 11.8. The van der Waals surface area contributed by atoms with Crippen LogP contribution in [0.1, 0.15) is 18.4 Å². The molecule has 1 nitrogen and oxygen atoms in total. The molecule has 0 spiro atoms. The molecule has 2 rings (SSSR count). The zero-order valence-electron chi connectivity index (χ0n) is 9.86. The molecule has 0 N–H and O–H groups in total. The Morgan fingerprint density at radius 2 is 1.88 bits per heavy atom. The van der Waals surface area contributed by atoms with Crippen LogP contribution >= 0.6 is 0 Å². The van der Waals surface area contributed by atoms with Crippen LogP contribution in [-0.4, -0.2) is 5.78 Å². The second-order valence-corrected chi connectivity index (χ2v) is 4.18. The summed E-state index contributed by atoms with van der Waals surface area (Å²) in [5, 5.41) is 2.38. The number of hydrogen-bond acceptors (Lipinski definition) is 1. The van der Waals surface area contributed by atoms with Crippen LogP contribution in [0, 0.1) is 0 Å². The fourth-order valence-electron chi connectivity index (χ4n) is 2.01. The molecular weight excluding hydrogens is 208 g/mol. The molecule has 0 aliphatic rings. The van der Waals surface area contributed by atoms with E-state index in [0.29, 0.717) is 12.8 Å². The number of ketones is 1. The normalized spacial score (nSPS) is 10.4. The zero-order chi connectivity index (χ0) is 12.1. The van der Waals surface area contributed by atoms with Crippen LogP contribution in [0.3, 0.4) is 0 Å². The number of benzene rings is 2. The van der Waals surface area contributed by atoms with E-state index < -0.39 is 0 Å². The van der Waals surface area contributed by atoms with Crippen molar-refractivity contribution in [3.05, 3.63) is 60.7 Å². The topological polar surface area (TPSA) is 17.1 Å². The van der Waals surface area contributed by atoms with Crippen LogP contribution in [0.2, 0.25) is 0 Å². The fraction of sp³-hybridized carbons (Fsp3) is 0.188. The van der Waals surface area contributed by atoms with Gasteiger partial charge < -0.3 is 0 Å². The van der Waals surface area contributed by atoms with E-state index in [2.05, 4.69) is 24.8 Å². The maximum absolute atomic E-state index is 11.8. The molecule has 0 saturated heterocycles. The smallest absolute Gasteiger partial charge is 0.137 e. The lowest BCUT2D eigenvalue weighted by molar-refractivity contribution is -0.118. The molecule has 0 saturated carbocycles. The third-order valence-corrected chi connectivity index (χ3v) is 2.89. The van der Waals surface area contributed by atoms with Crippen LogP contribution in [0.4, 0.5) is 0 Å². The van der Waals surface area contributed by atoms with Crippen molar-refractivity contribution in [2.75, 3.05) is 0 Å². The number of allylic oxidation sites excluding steroid dienone is 1. The zero-order valence-corrected chi connectivity index (χ0v) is 9.86. The standard InChI is InChI=1S/C16H16O/c1-2-3-10-15(17)12-14-9-6-8-13-7-4-5-11-16(13)14/h2,4-9,11H,1,3,10,12H2. The van der Waals surface area contributed by atoms with Crippen LogP contribution in [0.25, 0.3) is 10.8 Å². The van der Waals surface area contributed by atoms with Crippen molar-refractivity contribution >= 4 is 16.6 Å². The molecule has 0 aliphatic heterocycles. The quantitative estimate of drug-likeness (QED) is 0.703. The number of carbonyl (C=O) groups is 1. The summed E-state index contributed by atoms with van der Waals surface area (Å²) in [5.41, 5.74) is 1.12. The summed E-state index contributed by atoms with van der Waals surface area (Å²) >= 11 is 0. The predicted octanol–water partition coefficient (Wildman–Crippen LogP) is 3.92. The molecule has 86 valence electrons. The van der Waals surface area contributed by atoms with Gasteiger partial charge in [-0.15, -0.1) is 6.58 Å².